The molecule has 4 heteroatoms. The third kappa shape index (κ3) is 5.20. The van der Waals surface area contributed by atoms with Gasteiger partial charge in [-0.3, -0.25) is 4.79 Å². The van der Waals surface area contributed by atoms with E-state index >= 15 is 0 Å². The van der Waals surface area contributed by atoms with E-state index in [-0.39, 0.29) is 12.3 Å². The maximum atomic E-state index is 12.0. The van der Waals surface area contributed by atoms with Crippen LogP contribution in [0.5, 0.6) is 0 Å². The minimum Gasteiger partial charge on any atom is -0.388 e. The van der Waals surface area contributed by atoms with E-state index in [4.69, 9.17) is 0 Å². The molecule has 0 saturated carbocycles. The van der Waals surface area contributed by atoms with Gasteiger partial charge in [0.15, 0.2) is 0 Å². The van der Waals surface area contributed by atoms with Crippen LogP contribution in [0, 0.1) is 0 Å². The van der Waals surface area contributed by atoms with E-state index in [2.05, 4.69) is 11.6 Å². The van der Waals surface area contributed by atoms with E-state index in [0.717, 1.165) is 23.4 Å². The van der Waals surface area contributed by atoms with Gasteiger partial charge in [-0.15, -0.1) is 0 Å². The monoisotopic (exact) mass is 315 g/mol. The first kappa shape index (κ1) is 16.6. The molecule has 0 aliphatic carbocycles. The van der Waals surface area contributed by atoms with E-state index in [9.17, 15) is 9.90 Å². The summed E-state index contributed by atoms with van der Waals surface area (Å²) in [6, 6.07) is 17.1. The second-order valence-electron chi connectivity index (χ2n) is 5.12. The fraction of sp³-hybridized carbons (Fsp3) is 0.278. The predicted molar refractivity (Wildman–Crippen MR) is 93.2 cm³/mol. The summed E-state index contributed by atoms with van der Waals surface area (Å²) in [5, 5.41) is 12.9. The molecule has 0 spiro atoms. The van der Waals surface area contributed by atoms with Gasteiger partial charge in [-0.1, -0.05) is 42.5 Å². The standard InChI is InChI=1S/C18H21NO2S/c1-22-12-11-14-7-9-16(10-8-14)19-18(21)13-17(20)15-5-3-2-4-6-15/h2-10,17,20H,11-13H2,1H3,(H,19,21). The van der Waals surface area contributed by atoms with Crippen molar-refractivity contribution in [3.63, 3.8) is 0 Å². The second kappa shape index (κ2) is 8.61. The van der Waals surface area contributed by atoms with Crippen molar-refractivity contribution in [3.8, 4) is 0 Å². The van der Waals surface area contributed by atoms with Gasteiger partial charge < -0.3 is 10.4 Å². The maximum absolute atomic E-state index is 12.0. The predicted octanol–water partition coefficient (Wildman–Crippen LogP) is 3.65. The number of amides is 1. The number of carbonyl (C=O) groups is 1. The minimum absolute atomic E-state index is 0.0538. The Kier molecular flexibility index (Phi) is 6.49. The number of aliphatic hydroxyl groups is 1. The van der Waals surface area contributed by atoms with Crippen LogP contribution in [0.15, 0.2) is 54.6 Å². The van der Waals surface area contributed by atoms with E-state index in [0.29, 0.717) is 0 Å². The Morgan fingerprint density at radius 1 is 1.14 bits per heavy atom. The average molecular weight is 315 g/mol. The highest BCUT2D eigenvalue weighted by molar-refractivity contribution is 7.98. The van der Waals surface area contributed by atoms with Gasteiger partial charge >= 0.3 is 0 Å². The van der Waals surface area contributed by atoms with Crippen LogP contribution in [0.4, 0.5) is 5.69 Å². The fourth-order valence-corrected chi connectivity index (χ4v) is 2.60. The van der Waals surface area contributed by atoms with Gasteiger partial charge in [0.2, 0.25) is 5.91 Å². The summed E-state index contributed by atoms with van der Waals surface area (Å²) >= 11 is 1.82. The molecular formula is C18H21NO2S. The van der Waals surface area contributed by atoms with Crippen molar-refractivity contribution >= 4 is 23.4 Å². The highest BCUT2D eigenvalue weighted by atomic mass is 32.2. The third-order valence-electron chi connectivity index (χ3n) is 3.40. The molecule has 0 heterocycles. The largest absolute Gasteiger partial charge is 0.388 e. The molecule has 0 aliphatic heterocycles. The lowest BCUT2D eigenvalue weighted by molar-refractivity contribution is -0.118. The van der Waals surface area contributed by atoms with Gasteiger partial charge in [0, 0.05) is 5.69 Å². The summed E-state index contributed by atoms with van der Waals surface area (Å²) < 4.78 is 0. The zero-order valence-corrected chi connectivity index (χ0v) is 13.5. The van der Waals surface area contributed by atoms with Crippen molar-refractivity contribution in [3.05, 3.63) is 65.7 Å². The van der Waals surface area contributed by atoms with Crippen LogP contribution in [0.1, 0.15) is 23.7 Å². The van der Waals surface area contributed by atoms with Gasteiger partial charge in [-0.25, -0.2) is 0 Å². The highest BCUT2D eigenvalue weighted by Gasteiger charge is 2.12. The van der Waals surface area contributed by atoms with Crippen molar-refractivity contribution in [2.45, 2.75) is 18.9 Å². The molecule has 0 saturated heterocycles. The number of anilines is 1. The lowest BCUT2D eigenvalue weighted by Gasteiger charge is -2.11. The number of rotatable bonds is 7. The van der Waals surface area contributed by atoms with Crippen molar-refractivity contribution in [2.24, 2.45) is 0 Å². The van der Waals surface area contributed by atoms with Crippen LogP contribution < -0.4 is 5.32 Å². The Hall–Kier alpha value is -1.78. The van der Waals surface area contributed by atoms with E-state index in [1.54, 1.807) is 0 Å². The highest BCUT2D eigenvalue weighted by Crippen LogP contribution is 2.17. The summed E-state index contributed by atoms with van der Waals surface area (Å²) in [4.78, 5) is 12.0. The quantitative estimate of drug-likeness (QED) is 0.820. The lowest BCUT2D eigenvalue weighted by Crippen LogP contribution is -2.15. The molecule has 1 amide bonds. The van der Waals surface area contributed by atoms with Crippen molar-refractivity contribution < 1.29 is 9.90 Å². The Labute approximate surface area is 135 Å². The van der Waals surface area contributed by atoms with Crippen LogP contribution in [-0.4, -0.2) is 23.0 Å². The molecule has 0 radical (unpaired) electrons. The molecule has 2 aromatic rings. The van der Waals surface area contributed by atoms with E-state index in [1.807, 2.05) is 66.4 Å². The van der Waals surface area contributed by atoms with Crippen LogP contribution >= 0.6 is 11.8 Å². The minimum atomic E-state index is -0.776. The van der Waals surface area contributed by atoms with Gasteiger partial charge in [0.1, 0.15) is 0 Å². The van der Waals surface area contributed by atoms with Gasteiger partial charge in [-0.05, 0) is 41.7 Å². The van der Waals surface area contributed by atoms with E-state index < -0.39 is 6.10 Å². The zero-order valence-electron chi connectivity index (χ0n) is 12.7. The molecule has 2 N–H and O–H groups in total. The molecule has 0 bridgehead atoms. The Morgan fingerprint density at radius 3 is 2.45 bits per heavy atom. The molecule has 1 atom stereocenters. The average Bonchev–Trinajstić information content (AvgIpc) is 2.55. The number of hydrogen-bond acceptors (Lipinski definition) is 3. The second-order valence-corrected chi connectivity index (χ2v) is 6.10. The van der Waals surface area contributed by atoms with Gasteiger partial charge in [-0.2, -0.15) is 11.8 Å². The Balaban J connectivity index is 1.86. The van der Waals surface area contributed by atoms with Gasteiger partial charge in [0.25, 0.3) is 0 Å². The maximum Gasteiger partial charge on any atom is 0.227 e. The van der Waals surface area contributed by atoms with Crippen molar-refractivity contribution in [2.75, 3.05) is 17.3 Å². The topological polar surface area (TPSA) is 49.3 Å². The van der Waals surface area contributed by atoms with Crippen LogP contribution in [0.2, 0.25) is 0 Å². The normalized spacial score (nSPS) is 11.9. The summed E-state index contributed by atoms with van der Waals surface area (Å²) in [6.07, 6.45) is 2.40. The number of aryl methyl sites for hydroxylation is 1. The number of thioether (sulfide) groups is 1. The summed E-state index contributed by atoms with van der Waals surface area (Å²) in [5.74, 6) is 0.905. The molecule has 116 valence electrons. The first-order valence-electron chi connectivity index (χ1n) is 7.30. The molecule has 0 fully saturated rings. The van der Waals surface area contributed by atoms with Crippen LogP contribution in [-0.2, 0) is 11.2 Å². The fourth-order valence-electron chi connectivity index (χ4n) is 2.16. The van der Waals surface area contributed by atoms with Crippen LogP contribution in [0.25, 0.3) is 0 Å². The number of benzene rings is 2. The van der Waals surface area contributed by atoms with Crippen molar-refractivity contribution in [1.82, 2.24) is 0 Å². The van der Waals surface area contributed by atoms with E-state index in [1.165, 1.54) is 5.56 Å². The summed E-state index contributed by atoms with van der Waals surface area (Å²) in [7, 11) is 0. The number of nitrogens with one attached hydrogen (secondary N) is 1. The number of aliphatic hydroxyl groups excluding tert-OH is 1. The van der Waals surface area contributed by atoms with Crippen LogP contribution in [0.3, 0.4) is 0 Å². The molecule has 3 nitrogen and oxygen atoms in total. The lowest BCUT2D eigenvalue weighted by atomic mass is 10.1. The summed E-state index contributed by atoms with van der Waals surface area (Å²) in [6.45, 7) is 0. The van der Waals surface area contributed by atoms with Gasteiger partial charge in [0.05, 0.1) is 12.5 Å². The van der Waals surface area contributed by atoms with Crippen molar-refractivity contribution in [1.29, 1.82) is 0 Å². The molecule has 2 aromatic carbocycles. The Bertz CT molecular complexity index is 584. The third-order valence-corrected chi connectivity index (χ3v) is 4.01. The first-order valence-corrected chi connectivity index (χ1v) is 8.69. The number of hydrogen-bond donors (Lipinski definition) is 2. The molecular weight excluding hydrogens is 294 g/mol. The smallest absolute Gasteiger partial charge is 0.227 e. The SMILES string of the molecule is CSCCc1ccc(NC(=O)CC(O)c2ccccc2)cc1. The molecule has 1 unspecified atom stereocenters. The molecule has 0 aliphatic rings. The Morgan fingerprint density at radius 2 is 1.82 bits per heavy atom. The zero-order chi connectivity index (χ0) is 15.8. The molecule has 0 aromatic heterocycles. The molecule has 2 rings (SSSR count). The molecule has 22 heavy (non-hydrogen) atoms. The first-order chi connectivity index (χ1) is 10.7. The summed E-state index contributed by atoms with van der Waals surface area (Å²) in [5.41, 5.74) is 2.78. The number of carbonyl (C=O) groups excluding carboxylic acids is 1.